The zero-order chi connectivity index (χ0) is 17.7. The molecule has 1 heterocycles. The monoisotopic (exact) mass is 336 g/mol. The largest absolute Gasteiger partial charge is 0.396 e. The summed E-state index contributed by atoms with van der Waals surface area (Å²) in [6, 6.07) is 6.41. The summed E-state index contributed by atoms with van der Waals surface area (Å²) in [6.07, 6.45) is 2.03. The Kier molecular flexibility index (Phi) is 6.35. The molecule has 1 amide bonds. The first kappa shape index (κ1) is 18.9. The first-order valence-corrected chi connectivity index (χ1v) is 8.67. The van der Waals surface area contributed by atoms with Crippen molar-refractivity contribution in [3.63, 3.8) is 0 Å². The van der Waals surface area contributed by atoms with E-state index in [0.29, 0.717) is 13.1 Å². The topological polar surface area (TPSA) is 43.8 Å². The van der Waals surface area contributed by atoms with Crippen LogP contribution in [0.1, 0.15) is 39.2 Å². The lowest BCUT2D eigenvalue weighted by Gasteiger charge is -2.39. The van der Waals surface area contributed by atoms with Crippen LogP contribution in [0.2, 0.25) is 0 Å². The Morgan fingerprint density at radius 1 is 1.42 bits per heavy atom. The lowest BCUT2D eigenvalue weighted by molar-refractivity contribution is -0.138. The molecule has 1 N–H and O–H groups in total. The van der Waals surface area contributed by atoms with E-state index in [-0.39, 0.29) is 29.8 Å². The SMILES string of the molecule is CC(C)(C)N(Cc1cccc(F)c1)C(=O)CN1CCC[C@H](CO)C1. The number of amides is 1. The molecular formula is C19H29FN2O2. The van der Waals surface area contributed by atoms with Gasteiger partial charge in [-0.3, -0.25) is 9.69 Å². The van der Waals surface area contributed by atoms with E-state index in [2.05, 4.69) is 4.90 Å². The third-order valence-electron chi connectivity index (χ3n) is 4.56. The van der Waals surface area contributed by atoms with Crippen molar-refractivity contribution in [2.24, 2.45) is 5.92 Å². The molecular weight excluding hydrogens is 307 g/mol. The van der Waals surface area contributed by atoms with Gasteiger partial charge in [-0.1, -0.05) is 12.1 Å². The summed E-state index contributed by atoms with van der Waals surface area (Å²) in [5.74, 6) is 0.0267. The van der Waals surface area contributed by atoms with Gasteiger partial charge in [0.05, 0.1) is 6.54 Å². The van der Waals surface area contributed by atoms with Crippen molar-refractivity contribution in [1.29, 1.82) is 0 Å². The fourth-order valence-electron chi connectivity index (χ4n) is 3.24. The molecule has 134 valence electrons. The van der Waals surface area contributed by atoms with Crippen LogP contribution in [0.3, 0.4) is 0 Å². The number of nitrogens with zero attached hydrogens (tertiary/aromatic N) is 2. The van der Waals surface area contributed by atoms with Crippen molar-refractivity contribution in [2.45, 2.75) is 45.7 Å². The Morgan fingerprint density at radius 2 is 2.17 bits per heavy atom. The average Bonchev–Trinajstić information content (AvgIpc) is 2.51. The smallest absolute Gasteiger partial charge is 0.237 e. The van der Waals surface area contributed by atoms with Crippen LogP contribution in [0.5, 0.6) is 0 Å². The number of rotatable bonds is 5. The Balaban J connectivity index is 2.05. The van der Waals surface area contributed by atoms with Gasteiger partial charge in [0.1, 0.15) is 5.82 Å². The van der Waals surface area contributed by atoms with E-state index in [1.54, 1.807) is 6.07 Å². The van der Waals surface area contributed by atoms with Gasteiger partial charge in [0.15, 0.2) is 0 Å². The maximum Gasteiger partial charge on any atom is 0.237 e. The number of hydrogen-bond donors (Lipinski definition) is 1. The zero-order valence-corrected chi connectivity index (χ0v) is 15.0. The minimum absolute atomic E-state index is 0.0466. The van der Waals surface area contributed by atoms with Crippen molar-refractivity contribution < 1.29 is 14.3 Å². The summed E-state index contributed by atoms with van der Waals surface area (Å²) in [4.78, 5) is 16.8. The number of carbonyl (C=O) groups excluding carboxylic acids is 1. The highest BCUT2D eigenvalue weighted by Gasteiger charge is 2.29. The standard InChI is InChI=1S/C19H29FN2O2/c1-19(2,3)22(12-15-6-4-8-17(20)10-15)18(24)13-21-9-5-7-16(11-21)14-23/h4,6,8,10,16,23H,5,7,9,11-14H2,1-3H3/t16-/m0/s1. The molecule has 0 bridgehead atoms. The van der Waals surface area contributed by atoms with E-state index in [0.717, 1.165) is 31.5 Å². The molecule has 1 aromatic rings. The fourth-order valence-corrected chi connectivity index (χ4v) is 3.24. The fraction of sp³-hybridized carbons (Fsp3) is 0.632. The number of benzene rings is 1. The molecule has 24 heavy (non-hydrogen) atoms. The molecule has 2 rings (SSSR count). The molecule has 1 aromatic carbocycles. The molecule has 0 radical (unpaired) electrons. The molecule has 1 fully saturated rings. The first-order valence-electron chi connectivity index (χ1n) is 8.67. The molecule has 5 heteroatoms. The second-order valence-corrected chi connectivity index (χ2v) is 7.71. The number of likely N-dealkylation sites (tertiary alicyclic amines) is 1. The second kappa shape index (κ2) is 8.08. The van der Waals surface area contributed by atoms with Crippen molar-refractivity contribution in [3.05, 3.63) is 35.6 Å². The predicted octanol–water partition coefficient (Wildman–Crippen LogP) is 2.66. The molecule has 1 aliphatic heterocycles. The molecule has 0 unspecified atom stereocenters. The van der Waals surface area contributed by atoms with Crippen LogP contribution in [-0.4, -0.2) is 52.6 Å². The third kappa shape index (κ3) is 5.28. The van der Waals surface area contributed by atoms with Crippen molar-refractivity contribution >= 4 is 5.91 Å². The highest BCUT2D eigenvalue weighted by Crippen LogP contribution is 2.20. The number of aliphatic hydroxyl groups excluding tert-OH is 1. The number of hydrogen-bond acceptors (Lipinski definition) is 3. The summed E-state index contributed by atoms with van der Waals surface area (Å²) in [6.45, 7) is 8.57. The van der Waals surface area contributed by atoms with Gasteiger partial charge in [-0.15, -0.1) is 0 Å². The molecule has 0 spiro atoms. The Hall–Kier alpha value is -1.46. The van der Waals surface area contributed by atoms with Crippen LogP contribution in [0.15, 0.2) is 24.3 Å². The maximum absolute atomic E-state index is 13.4. The number of aliphatic hydroxyl groups is 1. The van der Waals surface area contributed by atoms with Crippen LogP contribution in [0.25, 0.3) is 0 Å². The van der Waals surface area contributed by atoms with Crippen LogP contribution in [-0.2, 0) is 11.3 Å². The van der Waals surface area contributed by atoms with Gasteiger partial charge in [-0.05, 0) is 63.8 Å². The van der Waals surface area contributed by atoms with Gasteiger partial charge in [0.2, 0.25) is 5.91 Å². The lowest BCUT2D eigenvalue weighted by atomic mass is 9.99. The van der Waals surface area contributed by atoms with Crippen molar-refractivity contribution in [3.8, 4) is 0 Å². The summed E-state index contributed by atoms with van der Waals surface area (Å²) in [5.41, 5.74) is 0.459. The van der Waals surface area contributed by atoms with Crippen LogP contribution >= 0.6 is 0 Å². The van der Waals surface area contributed by atoms with Gasteiger partial charge in [-0.2, -0.15) is 0 Å². The quantitative estimate of drug-likeness (QED) is 0.899. The molecule has 1 saturated heterocycles. The number of piperidine rings is 1. The van der Waals surface area contributed by atoms with Gasteiger partial charge >= 0.3 is 0 Å². The van der Waals surface area contributed by atoms with E-state index in [1.165, 1.54) is 12.1 Å². The molecule has 0 aromatic heterocycles. The van der Waals surface area contributed by atoms with Crippen molar-refractivity contribution in [1.82, 2.24) is 9.80 Å². The summed E-state index contributed by atoms with van der Waals surface area (Å²) < 4.78 is 13.4. The Labute approximate surface area is 144 Å². The Morgan fingerprint density at radius 3 is 2.79 bits per heavy atom. The highest BCUT2D eigenvalue weighted by molar-refractivity contribution is 5.79. The first-order chi connectivity index (χ1) is 11.3. The molecule has 4 nitrogen and oxygen atoms in total. The second-order valence-electron chi connectivity index (χ2n) is 7.71. The van der Waals surface area contributed by atoms with Crippen LogP contribution < -0.4 is 0 Å². The summed E-state index contributed by atoms with van der Waals surface area (Å²) in [7, 11) is 0. The number of carbonyl (C=O) groups is 1. The number of halogens is 1. The van der Waals surface area contributed by atoms with E-state index in [4.69, 9.17) is 0 Å². The molecule has 0 saturated carbocycles. The van der Waals surface area contributed by atoms with E-state index in [9.17, 15) is 14.3 Å². The van der Waals surface area contributed by atoms with Gasteiger partial charge < -0.3 is 10.0 Å². The predicted molar refractivity (Wildman–Crippen MR) is 93.0 cm³/mol. The average molecular weight is 336 g/mol. The Bertz CT molecular complexity index is 557. The summed E-state index contributed by atoms with van der Waals surface area (Å²) >= 11 is 0. The summed E-state index contributed by atoms with van der Waals surface area (Å²) in [5, 5.41) is 9.34. The van der Waals surface area contributed by atoms with Crippen LogP contribution in [0, 0.1) is 11.7 Å². The maximum atomic E-state index is 13.4. The van der Waals surface area contributed by atoms with Crippen molar-refractivity contribution in [2.75, 3.05) is 26.2 Å². The molecule has 1 atom stereocenters. The van der Waals surface area contributed by atoms with Gasteiger partial charge in [0.25, 0.3) is 0 Å². The van der Waals surface area contributed by atoms with Gasteiger partial charge in [0, 0.05) is 25.2 Å². The van der Waals surface area contributed by atoms with E-state index >= 15 is 0 Å². The van der Waals surface area contributed by atoms with E-state index < -0.39 is 0 Å². The molecule has 0 aliphatic carbocycles. The van der Waals surface area contributed by atoms with Crippen LogP contribution in [0.4, 0.5) is 4.39 Å². The molecule has 1 aliphatic rings. The minimum atomic E-state index is -0.338. The normalized spacial score (nSPS) is 19.3. The highest BCUT2D eigenvalue weighted by atomic mass is 19.1. The zero-order valence-electron chi connectivity index (χ0n) is 15.0. The van der Waals surface area contributed by atoms with E-state index in [1.807, 2.05) is 31.7 Å². The van der Waals surface area contributed by atoms with Gasteiger partial charge in [-0.25, -0.2) is 4.39 Å². The lowest BCUT2D eigenvalue weighted by Crippen LogP contribution is -2.50. The third-order valence-corrected chi connectivity index (χ3v) is 4.56. The minimum Gasteiger partial charge on any atom is -0.396 e.